The van der Waals surface area contributed by atoms with Crippen LogP contribution in [0.5, 0.6) is 0 Å². The predicted molar refractivity (Wildman–Crippen MR) is 95.4 cm³/mol. The SMILES string of the molecule is CC(C)CCNC(=O)[C@@H]1CCCN(S(=O)(=O)c2ccc(Cl)cc2)C1. The van der Waals surface area contributed by atoms with Crippen molar-refractivity contribution in [3.05, 3.63) is 29.3 Å². The van der Waals surface area contributed by atoms with E-state index in [0.29, 0.717) is 30.5 Å². The van der Waals surface area contributed by atoms with Crippen LogP contribution >= 0.6 is 11.6 Å². The Hall–Kier alpha value is -1.11. The first-order valence-electron chi connectivity index (χ1n) is 8.34. The van der Waals surface area contributed by atoms with E-state index < -0.39 is 10.0 Å². The molecule has 0 unspecified atom stereocenters. The molecule has 1 aliphatic rings. The molecular weight excluding hydrogens is 348 g/mol. The number of hydrogen-bond acceptors (Lipinski definition) is 3. The van der Waals surface area contributed by atoms with Crippen LogP contribution in [0, 0.1) is 11.8 Å². The standard InChI is InChI=1S/C17H25ClN2O3S/c1-13(2)9-10-19-17(21)14-4-3-11-20(12-14)24(22,23)16-7-5-15(18)6-8-16/h5-8,13-14H,3-4,9-12H2,1-2H3,(H,19,21)/t14-/m1/s1. The predicted octanol–water partition coefficient (Wildman–Crippen LogP) is 2.90. The van der Waals surface area contributed by atoms with Crippen molar-refractivity contribution in [1.29, 1.82) is 0 Å². The van der Waals surface area contributed by atoms with Crippen LogP contribution in [0.25, 0.3) is 0 Å². The Kier molecular flexibility index (Phi) is 6.66. The van der Waals surface area contributed by atoms with Gasteiger partial charge in [0.2, 0.25) is 15.9 Å². The maximum absolute atomic E-state index is 12.7. The number of benzene rings is 1. The molecule has 0 saturated carbocycles. The van der Waals surface area contributed by atoms with Gasteiger partial charge in [0.05, 0.1) is 10.8 Å². The molecule has 1 fully saturated rings. The average molecular weight is 373 g/mol. The highest BCUT2D eigenvalue weighted by Gasteiger charge is 2.33. The van der Waals surface area contributed by atoms with E-state index in [1.165, 1.54) is 16.4 Å². The summed E-state index contributed by atoms with van der Waals surface area (Å²) < 4.78 is 26.9. The van der Waals surface area contributed by atoms with Gasteiger partial charge < -0.3 is 5.32 Å². The number of halogens is 1. The van der Waals surface area contributed by atoms with E-state index in [4.69, 9.17) is 11.6 Å². The van der Waals surface area contributed by atoms with Gasteiger partial charge in [-0.1, -0.05) is 25.4 Å². The van der Waals surface area contributed by atoms with Gasteiger partial charge in [0.1, 0.15) is 0 Å². The van der Waals surface area contributed by atoms with Crippen molar-refractivity contribution in [2.45, 2.75) is 38.0 Å². The second-order valence-corrected chi connectivity index (χ2v) is 9.00. The number of nitrogens with one attached hydrogen (secondary N) is 1. The van der Waals surface area contributed by atoms with Gasteiger partial charge in [0, 0.05) is 24.7 Å². The summed E-state index contributed by atoms with van der Waals surface area (Å²) in [6, 6.07) is 6.14. The number of amides is 1. The van der Waals surface area contributed by atoms with Gasteiger partial charge >= 0.3 is 0 Å². The molecule has 0 aromatic heterocycles. The minimum absolute atomic E-state index is 0.0494. The van der Waals surface area contributed by atoms with Crippen molar-refractivity contribution in [1.82, 2.24) is 9.62 Å². The minimum atomic E-state index is -3.58. The second kappa shape index (κ2) is 8.32. The van der Waals surface area contributed by atoms with Crippen molar-refractivity contribution < 1.29 is 13.2 Å². The Bertz CT molecular complexity index is 659. The van der Waals surface area contributed by atoms with Crippen molar-refractivity contribution in [3.8, 4) is 0 Å². The first-order chi connectivity index (χ1) is 11.3. The highest BCUT2D eigenvalue weighted by Crippen LogP contribution is 2.24. The molecule has 1 aromatic carbocycles. The molecule has 1 amide bonds. The topological polar surface area (TPSA) is 66.5 Å². The van der Waals surface area contributed by atoms with Crippen LogP contribution in [0.15, 0.2) is 29.2 Å². The molecule has 0 aliphatic carbocycles. The zero-order valence-electron chi connectivity index (χ0n) is 14.2. The van der Waals surface area contributed by atoms with E-state index in [-0.39, 0.29) is 23.3 Å². The number of nitrogens with zero attached hydrogens (tertiary/aromatic N) is 1. The highest BCUT2D eigenvalue weighted by atomic mass is 35.5. The summed E-state index contributed by atoms with van der Waals surface area (Å²) in [5, 5.41) is 3.42. The van der Waals surface area contributed by atoms with Crippen LogP contribution in [-0.4, -0.2) is 38.3 Å². The third-order valence-electron chi connectivity index (χ3n) is 4.23. The number of carbonyl (C=O) groups excluding carboxylic acids is 1. The van der Waals surface area contributed by atoms with Gasteiger partial charge in [-0.05, 0) is 49.4 Å². The summed E-state index contributed by atoms with van der Waals surface area (Å²) in [5.41, 5.74) is 0. The molecule has 0 spiro atoms. The third kappa shape index (κ3) is 4.94. The fourth-order valence-corrected chi connectivity index (χ4v) is 4.41. The normalized spacial score (nSPS) is 19.4. The number of piperidine rings is 1. The molecule has 134 valence electrons. The molecule has 1 atom stereocenters. The number of hydrogen-bond donors (Lipinski definition) is 1. The number of carbonyl (C=O) groups is 1. The largest absolute Gasteiger partial charge is 0.356 e. The molecule has 1 N–H and O–H groups in total. The van der Waals surface area contributed by atoms with Gasteiger partial charge in [-0.2, -0.15) is 4.31 Å². The molecular formula is C17H25ClN2O3S. The van der Waals surface area contributed by atoms with Crippen molar-refractivity contribution >= 4 is 27.5 Å². The quantitative estimate of drug-likeness (QED) is 0.834. The minimum Gasteiger partial charge on any atom is -0.356 e. The lowest BCUT2D eigenvalue weighted by Crippen LogP contribution is -2.45. The molecule has 1 heterocycles. The smallest absolute Gasteiger partial charge is 0.243 e. The Labute approximate surface area is 149 Å². The van der Waals surface area contributed by atoms with E-state index in [0.717, 1.165) is 12.8 Å². The molecule has 2 rings (SSSR count). The Balaban J connectivity index is 2.01. The van der Waals surface area contributed by atoms with E-state index in [9.17, 15) is 13.2 Å². The van der Waals surface area contributed by atoms with Crippen LogP contribution in [0.4, 0.5) is 0 Å². The van der Waals surface area contributed by atoms with Crippen LogP contribution < -0.4 is 5.32 Å². The molecule has 0 bridgehead atoms. The summed E-state index contributed by atoms with van der Waals surface area (Å²) >= 11 is 5.82. The zero-order valence-corrected chi connectivity index (χ0v) is 15.7. The summed E-state index contributed by atoms with van der Waals surface area (Å²) in [6.07, 6.45) is 2.33. The van der Waals surface area contributed by atoms with E-state index >= 15 is 0 Å². The van der Waals surface area contributed by atoms with Crippen molar-refractivity contribution in [2.24, 2.45) is 11.8 Å². The Morgan fingerprint density at radius 2 is 2.00 bits per heavy atom. The van der Waals surface area contributed by atoms with Gasteiger partial charge in [-0.3, -0.25) is 4.79 Å². The maximum Gasteiger partial charge on any atom is 0.243 e. The van der Waals surface area contributed by atoms with Gasteiger partial charge in [0.15, 0.2) is 0 Å². The van der Waals surface area contributed by atoms with Gasteiger partial charge in [-0.15, -0.1) is 0 Å². The summed E-state index contributed by atoms with van der Waals surface area (Å²) in [7, 11) is -3.58. The first kappa shape index (κ1) is 19.2. The summed E-state index contributed by atoms with van der Waals surface area (Å²) in [4.78, 5) is 12.5. The molecule has 5 nitrogen and oxygen atoms in total. The molecule has 24 heavy (non-hydrogen) atoms. The van der Waals surface area contributed by atoms with Gasteiger partial charge in [-0.25, -0.2) is 8.42 Å². The number of rotatable bonds is 6. The second-order valence-electron chi connectivity index (χ2n) is 6.63. The zero-order chi connectivity index (χ0) is 17.7. The highest BCUT2D eigenvalue weighted by molar-refractivity contribution is 7.89. The lowest BCUT2D eigenvalue weighted by atomic mass is 9.98. The van der Waals surface area contributed by atoms with Crippen LogP contribution in [-0.2, 0) is 14.8 Å². The molecule has 1 aliphatic heterocycles. The van der Waals surface area contributed by atoms with Crippen molar-refractivity contribution in [2.75, 3.05) is 19.6 Å². The molecule has 0 radical (unpaired) electrons. The lowest BCUT2D eigenvalue weighted by molar-refractivity contribution is -0.126. The first-order valence-corrected chi connectivity index (χ1v) is 10.2. The molecule has 7 heteroatoms. The van der Waals surface area contributed by atoms with Crippen LogP contribution in [0.2, 0.25) is 5.02 Å². The summed E-state index contributed by atoms with van der Waals surface area (Å²) in [5.74, 6) is 0.193. The Morgan fingerprint density at radius 3 is 2.62 bits per heavy atom. The lowest BCUT2D eigenvalue weighted by Gasteiger charge is -2.31. The van der Waals surface area contributed by atoms with Crippen LogP contribution in [0.1, 0.15) is 33.1 Å². The van der Waals surface area contributed by atoms with Gasteiger partial charge in [0.25, 0.3) is 0 Å². The molecule has 1 saturated heterocycles. The number of sulfonamides is 1. The fraction of sp³-hybridized carbons (Fsp3) is 0.588. The average Bonchev–Trinajstić information content (AvgIpc) is 2.55. The van der Waals surface area contributed by atoms with E-state index in [1.807, 2.05) is 0 Å². The van der Waals surface area contributed by atoms with Crippen LogP contribution in [0.3, 0.4) is 0 Å². The van der Waals surface area contributed by atoms with E-state index in [2.05, 4.69) is 19.2 Å². The van der Waals surface area contributed by atoms with E-state index in [1.54, 1.807) is 12.1 Å². The maximum atomic E-state index is 12.7. The summed E-state index contributed by atoms with van der Waals surface area (Å²) in [6.45, 7) is 5.52. The Morgan fingerprint density at radius 1 is 1.33 bits per heavy atom. The molecule has 1 aromatic rings. The third-order valence-corrected chi connectivity index (χ3v) is 6.36. The monoisotopic (exact) mass is 372 g/mol. The fourth-order valence-electron chi connectivity index (χ4n) is 2.76. The van der Waals surface area contributed by atoms with Crippen molar-refractivity contribution in [3.63, 3.8) is 0 Å².